The van der Waals surface area contributed by atoms with E-state index in [-0.39, 0.29) is 5.82 Å². The fourth-order valence-corrected chi connectivity index (χ4v) is 2.27. The molecule has 3 N–H and O–H groups in total. The number of ether oxygens (including phenoxy) is 1. The zero-order chi connectivity index (χ0) is 14.7. The van der Waals surface area contributed by atoms with Crippen molar-refractivity contribution in [3.63, 3.8) is 0 Å². The number of halogens is 1. The Morgan fingerprint density at radius 3 is 2.50 bits per heavy atom. The van der Waals surface area contributed by atoms with Crippen LogP contribution in [0.5, 0.6) is 5.75 Å². The Bertz CT molecular complexity index is 613. The number of rotatable bonds is 4. The van der Waals surface area contributed by atoms with E-state index >= 15 is 0 Å². The maximum atomic E-state index is 14.2. The van der Waals surface area contributed by atoms with Gasteiger partial charge < -0.3 is 4.74 Å². The molecule has 0 saturated heterocycles. The zero-order valence-electron chi connectivity index (χ0n) is 11.9. The van der Waals surface area contributed by atoms with Crippen LogP contribution in [0.1, 0.15) is 28.3 Å². The van der Waals surface area contributed by atoms with Crippen LogP contribution in [-0.4, -0.2) is 7.11 Å². The molecule has 0 aliphatic rings. The van der Waals surface area contributed by atoms with Crippen molar-refractivity contribution in [1.29, 1.82) is 0 Å². The molecule has 0 radical (unpaired) electrons. The first-order valence-corrected chi connectivity index (χ1v) is 6.44. The van der Waals surface area contributed by atoms with Gasteiger partial charge in [-0.25, -0.2) is 9.82 Å². The normalized spacial score (nSPS) is 12.2. The summed E-state index contributed by atoms with van der Waals surface area (Å²) in [6, 6.07) is 10.2. The SMILES string of the molecule is COc1cccc(F)c1C(NN)c1ccc(C)c(C)c1. The van der Waals surface area contributed by atoms with Crippen molar-refractivity contribution in [2.75, 3.05) is 7.11 Å². The minimum Gasteiger partial charge on any atom is -0.496 e. The third-order valence-electron chi connectivity index (χ3n) is 3.55. The average molecular weight is 274 g/mol. The topological polar surface area (TPSA) is 47.3 Å². The van der Waals surface area contributed by atoms with E-state index in [2.05, 4.69) is 5.43 Å². The molecule has 0 fully saturated rings. The molecular weight excluding hydrogens is 255 g/mol. The zero-order valence-corrected chi connectivity index (χ0v) is 11.9. The van der Waals surface area contributed by atoms with E-state index in [1.807, 2.05) is 32.0 Å². The first-order chi connectivity index (χ1) is 9.58. The molecule has 0 aliphatic heterocycles. The van der Waals surface area contributed by atoms with Gasteiger partial charge in [0.25, 0.3) is 0 Å². The van der Waals surface area contributed by atoms with Gasteiger partial charge in [-0.05, 0) is 42.7 Å². The monoisotopic (exact) mass is 274 g/mol. The van der Waals surface area contributed by atoms with Crippen LogP contribution < -0.4 is 16.0 Å². The smallest absolute Gasteiger partial charge is 0.132 e. The van der Waals surface area contributed by atoms with E-state index in [1.165, 1.54) is 18.7 Å². The van der Waals surface area contributed by atoms with Crippen LogP contribution in [0.3, 0.4) is 0 Å². The summed E-state index contributed by atoms with van der Waals surface area (Å²) in [6.07, 6.45) is 0. The number of hydrazine groups is 1. The largest absolute Gasteiger partial charge is 0.496 e. The second-order valence-electron chi connectivity index (χ2n) is 4.80. The van der Waals surface area contributed by atoms with Crippen LogP contribution in [-0.2, 0) is 0 Å². The van der Waals surface area contributed by atoms with E-state index in [1.54, 1.807) is 12.1 Å². The highest BCUT2D eigenvalue weighted by Gasteiger charge is 2.21. The van der Waals surface area contributed by atoms with Crippen molar-refractivity contribution < 1.29 is 9.13 Å². The number of methoxy groups -OCH3 is 1. The molecule has 3 nitrogen and oxygen atoms in total. The van der Waals surface area contributed by atoms with E-state index < -0.39 is 6.04 Å². The summed E-state index contributed by atoms with van der Waals surface area (Å²) in [6.45, 7) is 4.05. The van der Waals surface area contributed by atoms with Gasteiger partial charge in [-0.2, -0.15) is 0 Å². The third kappa shape index (κ3) is 2.66. The fraction of sp³-hybridized carbons (Fsp3) is 0.250. The van der Waals surface area contributed by atoms with Gasteiger partial charge in [0.15, 0.2) is 0 Å². The van der Waals surface area contributed by atoms with Crippen molar-refractivity contribution >= 4 is 0 Å². The van der Waals surface area contributed by atoms with Crippen LogP contribution >= 0.6 is 0 Å². The van der Waals surface area contributed by atoms with Crippen molar-refractivity contribution in [2.24, 2.45) is 5.84 Å². The maximum absolute atomic E-state index is 14.2. The van der Waals surface area contributed by atoms with E-state index in [0.717, 1.165) is 11.1 Å². The molecule has 0 saturated carbocycles. The molecule has 20 heavy (non-hydrogen) atoms. The molecule has 2 rings (SSSR count). The molecule has 0 aliphatic carbocycles. The molecule has 0 heterocycles. The van der Waals surface area contributed by atoms with Crippen LogP contribution in [0.25, 0.3) is 0 Å². The van der Waals surface area contributed by atoms with Crippen LogP contribution in [0.2, 0.25) is 0 Å². The van der Waals surface area contributed by atoms with Gasteiger partial charge in [-0.3, -0.25) is 5.84 Å². The summed E-state index contributed by atoms with van der Waals surface area (Å²) >= 11 is 0. The first-order valence-electron chi connectivity index (χ1n) is 6.44. The Kier molecular flexibility index (Phi) is 4.37. The number of nitrogens with one attached hydrogen (secondary N) is 1. The molecule has 0 spiro atoms. The molecule has 2 aromatic rings. The third-order valence-corrected chi connectivity index (χ3v) is 3.55. The lowest BCUT2D eigenvalue weighted by atomic mass is 9.95. The molecule has 0 bridgehead atoms. The van der Waals surface area contributed by atoms with E-state index in [0.29, 0.717) is 11.3 Å². The standard InChI is InChI=1S/C16H19FN2O/c1-10-7-8-12(9-11(10)2)16(19-18)15-13(17)5-4-6-14(15)20-3/h4-9,16,19H,18H2,1-3H3. The Morgan fingerprint density at radius 2 is 1.90 bits per heavy atom. The summed E-state index contributed by atoms with van der Waals surface area (Å²) < 4.78 is 19.4. The van der Waals surface area contributed by atoms with Crippen molar-refractivity contribution in [2.45, 2.75) is 19.9 Å². The number of hydrogen-bond donors (Lipinski definition) is 2. The lowest BCUT2D eigenvalue weighted by Gasteiger charge is -2.21. The van der Waals surface area contributed by atoms with Crippen LogP contribution in [0, 0.1) is 19.7 Å². The van der Waals surface area contributed by atoms with Crippen LogP contribution in [0.4, 0.5) is 4.39 Å². The maximum Gasteiger partial charge on any atom is 0.132 e. The fourth-order valence-electron chi connectivity index (χ4n) is 2.27. The molecule has 1 atom stereocenters. The summed E-state index contributed by atoms with van der Waals surface area (Å²) in [4.78, 5) is 0. The predicted molar refractivity (Wildman–Crippen MR) is 78.0 cm³/mol. The number of hydrogen-bond acceptors (Lipinski definition) is 3. The lowest BCUT2D eigenvalue weighted by Crippen LogP contribution is -2.30. The molecule has 0 aromatic heterocycles. The predicted octanol–water partition coefficient (Wildman–Crippen LogP) is 3.00. The summed E-state index contributed by atoms with van der Waals surface area (Å²) in [5.41, 5.74) is 6.32. The summed E-state index contributed by atoms with van der Waals surface area (Å²) in [5, 5.41) is 0. The lowest BCUT2D eigenvalue weighted by molar-refractivity contribution is 0.397. The van der Waals surface area contributed by atoms with E-state index in [9.17, 15) is 4.39 Å². The quantitative estimate of drug-likeness (QED) is 0.665. The van der Waals surface area contributed by atoms with Crippen LogP contribution in [0.15, 0.2) is 36.4 Å². The van der Waals surface area contributed by atoms with Crippen molar-refractivity contribution in [3.05, 3.63) is 64.5 Å². The Labute approximate surface area is 118 Å². The molecule has 2 aromatic carbocycles. The second kappa shape index (κ2) is 6.03. The van der Waals surface area contributed by atoms with Gasteiger partial charge in [0, 0.05) is 0 Å². The van der Waals surface area contributed by atoms with E-state index in [4.69, 9.17) is 10.6 Å². The number of nitrogens with two attached hydrogens (primary N) is 1. The molecule has 106 valence electrons. The molecule has 4 heteroatoms. The highest BCUT2D eigenvalue weighted by Crippen LogP contribution is 2.32. The summed E-state index contributed by atoms with van der Waals surface area (Å²) in [5.74, 6) is 5.78. The Balaban J connectivity index is 2.55. The number of benzene rings is 2. The Hall–Kier alpha value is -1.91. The molecular formula is C16H19FN2O. The summed E-state index contributed by atoms with van der Waals surface area (Å²) in [7, 11) is 1.52. The van der Waals surface area contributed by atoms with Gasteiger partial charge in [0.2, 0.25) is 0 Å². The minimum absolute atomic E-state index is 0.342. The number of aryl methyl sites for hydroxylation is 2. The minimum atomic E-state index is -0.453. The van der Waals surface area contributed by atoms with Gasteiger partial charge >= 0.3 is 0 Å². The van der Waals surface area contributed by atoms with Gasteiger partial charge in [-0.1, -0.05) is 24.3 Å². The second-order valence-corrected chi connectivity index (χ2v) is 4.80. The Morgan fingerprint density at radius 1 is 1.15 bits per heavy atom. The molecule has 1 unspecified atom stereocenters. The van der Waals surface area contributed by atoms with Gasteiger partial charge in [0.1, 0.15) is 11.6 Å². The molecule has 0 amide bonds. The average Bonchev–Trinajstić information content (AvgIpc) is 2.45. The van der Waals surface area contributed by atoms with Gasteiger partial charge in [-0.15, -0.1) is 0 Å². The first kappa shape index (κ1) is 14.5. The van der Waals surface area contributed by atoms with Gasteiger partial charge in [0.05, 0.1) is 18.7 Å². The van der Waals surface area contributed by atoms with Crippen molar-refractivity contribution in [1.82, 2.24) is 5.43 Å². The highest BCUT2D eigenvalue weighted by atomic mass is 19.1. The van der Waals surface area contributed by atoms with Crippen molar-refractivity contribution in [3.8, 4) is 5.75 Å². The highest BCUT2D eigenvalue weighted by molar-refractivity contribution is 5.44.